The first-order chi connectivity index (χ1) is 22.6. The Hall–Kier alpha value is -6.25. The quantitative estimate of drug-likeness (QED) is 0.180. The van der Waals surface area contributed by atoms with Crippen LogP contribution in [-0.4, -0.2) is 44.4 Å². The topological polar surface area (TPSA) is 122 Å². The van der Waals surface area contributed by atoms with Crippen molar-refractivity contribution in [3.63, 3.8) is 0 Å². The van der Waals surface area contributed by atoms with Crippen molar-refractivity contribution in [3.05, 3.63) is 113 Å². The molecule has 4 heterocycles. The summed E-state index contributed by atoms with van der Waals surface area (Å²) >= 11 is 0. The number of amides is 1. The number of carbonyl (C=O) groups excluding carboxylic acids is 1. The number of alkyl halides is 2. The summed E-state index contributed by atoms with van der Waals surface area (Å²) in [6, 6.07) is 11.6. The molecule has 6 rings (SSSR count). The number of pyridine rings is 3. The van der Waals surface area contributed by atoms with Gasteiger partial charge in [-0.3, -0.25) is 14.6 Å². The Morgan fingerprint density at radius 1 is 0.915 bits per heavy atom. The molecule has 0 saturated carbocycles. The highest BCUT2D eigenvalue weighted by Gasteiger charge is 2.20. The van der Waals surface area contributed by atoms with Gasteiger partial charge in [0.2, 0.25) is 5.43 Å². The number of nitrogens with one attached hydrogen (secondary N) is 1. The van der Waals surface area contributed by atoms with Gasteiger partial charge in [-0.1, -0.05) is 12.1 Å². The smallest absolute Gasteiger partial charge is 0.333 e. The maximum absolute atomic E-state index is 15.3. The van der Waals surface area contributed by atoms with Gasteiger partial charge in [0.05, 0.1) is 37.8 Å². The van der Waals surface area contributed by atoms with Crippen LogP contribution in [0.1, 0.15) is 16.9 Å². The molecule has 47 heavy (non-hydrogen) atoms. The van der Waals surface area contributed by atoms with E-state index in [9.17, 15) is 22.8 Å². The van der Waals surface area contributed by atoms with Gasteiger partial charge >= 0.3 is 6.55 Å². The van der Waals surface area contributed by atoms with Crippen molar-refractivity contribution >= 4 is 22.6 Å². The van der Waals surface area contributed by atoms with Crippen LogP contribution in [0, 0.1) is 11.6 Å². The average molecular weight is 647 g/mol. The van der Waals surface area contributed by atoms with Gasteiger partial charge in [-0.05, 0) is 29.8 Å². The molecule has 0 atom stereocenters. The minimum absolute atomic E-state index is 0.0207. The first kappa shape index (κ1) is 30.8. The second-order valence-corrected chi connectivity index (χ2v) is 9.86. The number of ether oxygens (including phenoxy) is 3. The van der Waals surface area contributed by atoms with Gasteiger partial charge in [-0.25, -0.2) is 18.4 Å². The molecule has 1 N–H and O–H groups in total. The Morgan fingerprint density at radius 3 is 2.38 bits per heavy atom. The summed E-state index contributed by atoms with van der Waals surface area (Å²) in [5.41, 5.74) is -0.130. The number of carbonyl (C=O) groups is 1. The van der Waals surface area contributed by atoms with E-state index in [0.29, 0.717) is 15.9 Å². The maximum atomic E-state index is 15.3. The third-order valence-electron chi connectivity index (χ3n) is 6.94. The highest BCUT2D eigenvalue weighted by atomic mass is 19.3. The molecule has 0 bridgehead atoms. The normalized spacial score (nSPS) is 11.1. The molecule has 1 amide bonds. The molecule has 0 spiro atoms. The molecule has 15 heteroatoms. The third-order valence-corrected chi connectivity index (χ3v) is 6.94. The van der Waals surface area contributed by atoms with Crippen LogP contribution >= 0.6 is 0 Å². The zero-order valence-corrected chi connectivity index (χ0v) is 24.4. The summed E-state index contributed by atoms with van der Waals surface area (Å²) in [7, 11) is 2.86. The van der Waals surface area contributed by atoms with Crippen molar-refractivity contribution in [1.29, 1.82) is 0 Å². The van der Waals surface area contributed by atoms with E-state index < -0.39 is 35.1 Å². The number of nitrogens with zero attached hydrogens (tertiary/aromatic N) is 5. The first-order valence-electron chi connectivity index (χ1n) is 13.7. The Balaban J connectivity index is 1.31. The predicted octanol–water partition coefficient (Wildman–Crippen LogP) is 6.38. The summed E-state index contributed by atoms with van der Waals surface area (Å²) in [6.07, 6.45) is 6.04. The van der Waals surface area contributed by atoms with Gasteiger partial charge in [0.25, 0.3) is 11.8 Å². The second kappa shape index (κ2) is 12.6. The molecule has 2 aromatic carbocycles. The van der Waals surface area contributed by atoms with E-state index in [1.807, 2.05) is 0 Å². The van der Waals surface area contributed by atoms with Gasteiger partial charge < -0.3 is 24.1 Å². The molecule has 4 aromatic heterocycles. The van der Waals surface area contributed by atoms with Crippen molar-refractivity contribution in [1.82, 2.24) is 24.3 Å². The van der Waals surface area contributed by atoms with Crippen LogP contribution < -0.4 is 25.0 Å². The Kier molecular flexibility index (Phi) is 8.27. The minimum atomic E-state index is -2.93. The van der Waals surface area contributed by atoms with E-state index in [4.69, 9.17) is 14.2 Å². The fourth-order valence-electron chi connectivity index (χ4n) is 4.66. The maximum Gasteiger partial charge on any atom is 0.333 e. The SMILES string of the molecule is COc1cc2nccc(Oc3ccc(NC(=O)c4cn(-c5cnn(C(F)F)c5)cc(-c5ccc(F)cc5)c4=O)cc3F)c2nc1OC. The minimum Gasteiger partial charge on any atom is -0.491 e. The van der Waals surface area contributed by atoms with E-state index >= 15 is 4.39 Å². The van der Waals surface area contributed by atoms with E-state index in [2.05, 4.69) is 20.4 Å². The first-order valence-corrected chi connectivity index (χ1v) is 13.7. The highest BCUT2D eigenvalue weighted by Crippen LogP contribution is 2.35. The van der Waals surface area contributed by atoms with Gasteiger partial charge in [0, 0.05) is 48.0 Å². The number of hydrogen-bond donors (Lipinski definition) is 1. The number of methoxy groups -OCH3 is 2. The molecule has 0 radical (unpaired) electrons. The van der Waals surface area contributed by atoms with Crippen LogP contribution in [0.25, 0.3) is 27.8 Å². The predicted molar refractivity (Wildman–Crippen MR) is 162 cm³/mol. The van der Waals surface area contributed by atoms with Crippen molar-refractivity contribution in [2.24, 2.45) is 0 Å². The lowest BCUT2D eigenvalue weighted by atomic mass is 10.0. The molecule has 238 valence electrons. The van der Waals surface area contributed by atoms with Crippen molar-refractivity contribution in [3.8, 4) is 39.9 Å². The standard InChI is InChI=1S/C32H22F4N6O5/c1-45-27-12-24-28(40-31(27)46-2)26(9-10-37-24)47-25-8-7-19(11-23(25)34)39-30(44)22-16-41(20-13-38-42(14-20)32(35)36)15-21(29(22)43)17-3-5-18(33)6-4-17/h3-16,32H,1-2H3,(H,39,44). The lowest BCUT2D eigenvalue weighted by Crippen LogP contribution is -2.24. The molecule has 0 fully saturated rings. The number of fused-ring (bicyclic) bond motifs is 1. The fourth-order valence-corrected chi connectivity index (χ4v) is 4.66. The largest absolute Gasteiger partial charge is 0.491 e. The Labute approximate surface area is 262 Å². The van der Waals surface area contributed by atoms with Crippen LogP contribution in [0.15, 0.2) is 90.4 Å². The molecule has 0 aliphatic carbocycles. The molecule has 0 aliphatic heterocycles. The zero-order valence-electron chi connectivity index (χ0n) is 24.4. The average Bonchev–Trinajstić information content (AvgIpc) is 3.57. The van der Waals surface area contributed by atoms with Gasteiger partial charge in [-0.15, -0.1) is 0 Å². The number of hydrogen-bond acceptors (Lipinski definition) is 8. The summed E-state index contributed by atoms with van der Waals surface area (Å²) < 4.78 is 73.2. The number of benzene rings is 2. The van der Waals surface area contributed by atoms with E-state index in [0.717, 1.165) is 36.8 Å². The van der Waals surface area contributed by atoms with Gasteiger partial charge in [-0.2, -0.15) is 13.9 Å². The van der Waals surface area contributed by atoms with Crippen LogP contribution in [0.3, 0.4) is 0 Å². The van der Waals surface area contributed by atoms with E-state index in [-0.39, 0.29) is 45.4 Å². The Morgan fingerprint density at radius 2 is 1.70 bits per heavy atom. The third kappa shape index (κ3) is 6.18. The monoisotopic (exact) mass is 646 g/mol. The Bertz CT molecular complexity index is 2190. The van der Waals surface area contributed by atoms with Crippen molar-refractivity contribution in [2.75, 3.05) is 19.5 Å². The van der Waals surface area contributed by atoms with Crippen molar-refractivity contribution in [2.45, 2.75) is 6.55 Å². The van der Waals surface area contributed by atoms with Gasteiger partial charge in [0.15, 0.2) is 23.1 Å². The number of aromatic nitrogens is 5. The van der Waals surface area contributed by atoms with E-state index in [1.165, 1.54) is 61.5 Å². The molecule has 0 unspecified atom stereocenters. The second-order valence-electron chi connectivity index (χ2n) is 9.86. The zero-order chi connectivity index (χ0) is 33.2. The summed E-state index contributed by atoms with van der Waals surface area (Å²) in [6.45, 7) is -2.93. The van der Waals surface area contributed by atoms with Crippen LogP contribution in [0.4, 0.5) is 23.2 Å². The van der Waals surface area contributed by atoms with Gasteiger partial charge in [0.1, 0.15) is 16.9 Å². The summed E-state index contributed by atoms with van der Waals surface area (Å²) in [5, 5.41) is 6.07. The molecule has 6 aromatic rings. The molecule has 0 saturated heterocycles. The molecular weight excluding hydrogens is 624 g/mol. The number of anilines is 1. The van der Waals surface area contributed by atoms with Crippen LogP contribution in [0.5, 0.6) is 23.1 Å². The van der Waals surface area contributed by atoms with Crippen LogP contribution in [0.2, 0.25) is 0 Å². The molecular formula is C32H22F4N6O5. The number of halogens is 4. The lowest BCUT2D eigenvalue weighted by Gasteiger charge is -2.13. The van der Waals surface area contributed by atoms with Crippen molar-refractivity contribution < 1.29 is 36.6 Å². The summed E-state index contributed by atoms with van der Waals surface area (Å²) in [4.78, 5) is 35.5. The van der Waals surface area contributed by atoms with E-state index in [1.54, 1.807) is 6.07 Å². The number of rotatable bonds is 9. The summed E-state index contributed by atoms with van der Waals surface area (Å²) in [5.74, 6) is -1.86. The fraction of sp³-hybridized carbons (Fsp3) is 0.0938. The molecule has 0 aliphatic rings. The lowest BCUT2D eigenvalue weighted by molar-refractivity contribution is 0.0566. The molecule has 11 nitrogen and oxygen atoms in total. The highest BCUT2D eigenvalue weighted by molar-refractivity contribution is 6.04. The van der Waals surface area contributed by atoms with Crippen LogP contribution in [-0.2, 0) is 0 Å².